The second-order valence-corrected chi connectivity index (χ2v) is 6.21. The standard InChI is InChI=1S/C18H18Cl2N2/c1-21-10-9-17(13-5-3-2-4-6-13)22-12-16(20)15-11-14(19)7-8-18(15)22/h2-8,11-12,17,21H,9-10H2,1H3. The molecule has 0 aliphatic rings. The summed E-state index contributed by atoms with van der Waals surface area (Å²) in [6.07, 6.45) is 3.00. The van der Waals surface area contributed by atoms with Gasteiger partial charge in [0.15, 0.2) is 0 Å². The zero-order valence-corrected chi connectivity index (χ0v) is 13.9. The highest BCUT2D eigenvalue weighted by molar-refractivity contribution is 6.37. The lowest BCUT2D eigenvalue weighted by Gasteiger charge is -2.21. The number of rotatable bonds is 5. The van der Waals surface area contributed by atoms with E-state index in [2.05, 4.69) is 34.1 Å². The lowest BCUT2D eigenvalue weighted by molar-refractivity contribution is 0.539. The molecule has 4 heteroatoms. The normalized spacial score (nSPS) is 12.7. The van der Waals surface area contributed by atoms with E-state index < -0.39 is 0 Å². The van der Waals surface area contributed by atoms with Gasteiger partial charge in [-0.2, -0.15) is 0 Å². The Morgan fingerprint density at radius 1 is 1.09 bits per heavy atom. The van der Waals surface area contributed by atoms with E-state index in [0.29, 0.717) is 5.02 Å². The van der Waals surface area contributed by atoms with Crippen molar-refractivity contribution in [1.29, 1.82) is 0 Å². The Labute approximate surface area is 140 Å². The van der Waals surface area contributed by atoms with E-state index in [4.69, 9.17) is 23.2 Å². The molecule has 3 rings (SSSR count). The lowest BCUT2D eigenvalue weighted by atomic mass is 10.0. The van der Waals surface area contributed by atoms with Crippen molar-refractivity contribution in [1.82, 2.24) is 9.88 Å². The SMILES string of the molecule is CNCCC(c1ccccc1)n1cc(Cl)c2cc(Cl)ccc21. The summed E-state index contributed by atoms with van der Waals surface area (Å²) in [5, 5.41) is 5.68. The fourth-order valence-corrected chi connectivity index (χ4v) is 3.29. The highest BCUT2D eigenvalue weighted by Gasteiger charge is 2.17. The summed E-state index contributed by atoms with van der Waals surface area (Å²) in [4.78, 5) is 0. The summed E-state index contributed by atoms with van der Waals surface area (Å²) in [5.74, 6) is 0. The molecule has 3 aromatic rings. The van der Waals surface area contributed by atoms with Gasteiger partial charge in [-0.25, -0.2) is 0 Å². The average molecular weight is 333 g/mol. The summed E-state index contributed by atoms with van der Waals surface area (Å²) < 4.78 is 2.25. The molecule has 0 saturated carbocycles. The van der Waals surface area contributed by atoms with Gasteiger partial charge in [-0.3, -0.25) is 0 Å². The number of hydrogen-bond acceptors (Lipinski definition) is 1. The van der Waals surface area contributed by atoms with Crippen LogP contribution >= 0.6 is 23.2 Å². The van der Waals surface area contributed by atoms with E-state index in [1.807, 2.05) is 37.5 Å². The predicted octanol–water partition coefficient (Wildman–Crippen LogP) is 5.15. The highest BCUT2D eigenvalue weighted by atomic mass is 35.5. The van der Waals surface area contributed by atoms with Crippen molar-refractivity contribution in [2.24, 2.45) is 0 Å². The van der Waals surface area contributed by atoms with Crippen LogP contribution in [0.2, 0.25) is 10.0 Å². The number of nitrogens with zero attached hydrogens (tertiary/aromatic N) is 1. The second kappa shape index (κ2) is 6.74. The van der Waals surface area contributed by atoms with E-state index in [-0.39, 0.29) is 6.04 Å². The molecule has 22 heavy (non-hydrogen) atoms. The third-order valence-corrected chi connectivity index (χ3v) is 4.47. The van der Waals surface area contributed by atoms with E-state index in [1.165, 1.54) is 5.56 Å². The number of benzene rings is 2. The molecule has 0 spiro atoms. The maximum atomic E-state index is 6.42. The smallest absolute Gasteiger partial charge is 0.0662 e. The van der Waals surface area contributed by atoms with E-state index >= 15 is 0 Å². The molecule has 0 fully saturated rings. The van der Waals surface area contributed by atoms with Crippen molar-refractivity contribution < 1.29 is 0 Å². The van der Waals surface area contributed by atoms with Crippen LogP contribution in [0.15, 0.2) is 54.7 Å². The molecule has 1 unspecified atom stereocenters. The van der Waals surface area contributed by atoms with Gasteiger partial charge in [0.1, 0.15) is 0 Å². The predicted molar refractivity (Wildman–Crippen MR) is 95.1 cm³/mol. The molecule has 0 saturated heterocycles. The topological polar surface area (TPSA) is 17.0 Å². The van der Waals surface area contributed by atoms with Crippen molar-refractivity contribution in [3.8, 4) is 0 Å². The Morgan fingerprint density at radius 3 is 2.59 bits per heavy atom. The first kappa shape index (κ1) is 15.4. The number of fused-ring (bicyclic) bond motifs is 1. The van der Waals surface area contributed by atoms with Crippen LogP contribution in [0.4, 0.5) is 0 Å². The van der Waals surface area contributed by atoms with E-state index in [1.54, 1.807) is 0 Å². The molecule has 2 aromatic carbocycles. The molecule has 1 N–H and O–H groups in total. The van der Waals surface area contributed by atoms with Gasteiger partial charge >= 0.3 is 0 Å². The minimum Gasteiger partial charge on any atom is -0.338 e. The third-order valence-electron chi connectivity index (χ3n) is 3.93. The van der Waals surface area contributed by atoms with Gasteiger partial charge in [0.05, 0.1) is 16.6 Å². The fraction of sp³-hybridized carbons (Fsp3) is 0.222. The van der Waals surface area contributed by atoms with Crippen LogP contribution in [-0.4, -0.2) is 18.2 Å². The molecule has 0 aliphatic carbocycles. The van der Waals surface area contributed by atoms with Gasteiger partial charge < -0.3 is 9.88 Å². The summed E-state index contributed by atoms with van der Waals surface area (Å²) in [7, 11) is 1.97. The molecule has 1 atom stereocenters. The van der Waals surface area contributed by atoms with Crippen LogP contribution in [0.3, 0.4) is 0 Å². The molecule has 114 valence electrons. The molecule has 1 aromatic heterocycles. The minimum absolute atomic E-state index is 0.241. The van der Waals surface area contributed by atoms with Crippen LogP contribution in [0, 0.1) is 0 Å². The van der Waals surface area contributed by atoms with Crippen molar-refractivity contribution in [3.05, 3.63) is 70.3 Å². The average Bonchev–Trinajstić information content (AvgIpc) is 2.85. The third kappa shape index (κ3) is 3.00. The van der Waals surface area contributed by atoms with Gasteiger partial charge in [0.25, 0.3) is 0 Å². The van der Waals surface area contributed by atoms with Crippen LogP contribution in [0.1, 0.15) is 18.0 Å². The molecule has 0 amide bonds. The largest absolute Gasteiger partial charge is 0.338 e. The summed E-state index contributed by atoms with van der Waals surface area (Å²) >= 11 is 12.5. The number of hydrogen-bond donors (Lipinski definition) is 1. The second-order valence-electron chi connectivity index (χ2n) is 5.36. The number of aromatic nitrogens is 1. The van der Waals surface area contributed by atoms with Crippen molar-refractivity contribution >= 4 is 34.1 Å². The monoisotopic (exact) mass is 332 g/mol. The Balaban J connectivity index is 2.12. The molecule has 0 aliphatic heterocycles. The molecular formula is C18H18Cl2N2. The van der Waals surface area contributed by atoms with E-state index in [0.717, 1.165) is 28.9 Å². The maximum Gasteiger partial charge on any atom is 0.0662 e. The molecular weight excluding hydrogens is 315 g/mol. The number of halogens is 2. The first-order valence-electron chi connectivity index (χ1n) is 7.36. The van der Waals surface area contributed by atoms with Crippen LogP contribution < -0.4 is 5.32 Å². The maximum absolute atomic E-state index is 6.42. The highest BCUT2D eigenvalue weighted by Crippen LogP contribution is 2.33. The Kier molecular flexibility index (Phi) is 4.72. The summed E-state index contributed by atoms with van der Waals surface area (Å²) in [6, 6.07) is 16.6. The zero-order valence-electron chi connectivity index (χ0n) is 12.4. The Morgan fingerprint density at radius 2 is 1.86 bits per heavy atom. The van der Waals surface area contributed by atoms with Crippen LogP contribution in [0.25, 0.3) is 10.9 Å². The van der Waals surface area contributed by atoms with Gasteiger partial charge in [-0.05, 0) is 43.8 Å². The molecule has 0 bridgehead atoms. The van der Waals surface area contributed by atoms with Crippen molar-refractivity contribution in [2.75, 3.05) is 13.6 Å². The first-order valence-corrected chi connectivity index (χ1v) is 8.11. The van der Waals surface area contributed by atoms with E-state index in [9.17, 15) is 0 Å². The molecule has 1 heterocycles. The fourth-order valence-electron chi connectivity index (χ4n) is 2.87. The lowest BCUT2D eigenvalue weighted by Crippen LogP contribution is -2.17. The molecule has 0 radical (unpaired) electrons. The van der Waals surface area contributed by atoms with Crippen molar-refractivity contribution in [2.45, 2.75) is 12.5 Å². The van der Waals surface area contributed by atoms with Crippen LogP contribution in [0.5, 0.6) is 0 Å². The van der Waals surface area contributed by atoms with Crippen LogP contribution in [-0.2, 0) is 0 Å². The van der Waals surface area contributed by atoms with Gasteiger partial charge in [0, 0.05) is 16.6 Å². The van der Waals surface area contributed by atoms with Gasteiger partial charge in [-0.1, -0.05) is 53.5 Å². The number of nitrogens with one attached hydrogen (secondary N) is 1. The quantitative estimate of drug-likeness (QED) is 0.683. The van der Waals surface area contributed by atoms with Gasteiger partial charge in [-0.15, -0.1) is 0 Å². The summed E-state index contributed by atoms with van der Waals surface area (Å²) in [5.41, 5.74) is 2.39. The Bertz CT molecular complexity index is 765. The minimum atomic E-state index is 0.241. The first-order chi connectivity index (χ1) is 10.7. The summed E-state index contributed by atoms with van der Waals surface area (Å²) in [6.45, 7) is 0.935. The van der Waals surface area contributed by atoms with Gasteiger partial charge in [0.2, 0.25) is 0 Å². The Hall–Kier alpha value is -1.48. The zero-order chi connectivity index (χ0) is 15.5. The van der Waals surface area contributed by atoms with Crippen molar-refractivity contribution in [3.63, 3.8) is 0 Å². The molecule has 2 nitrogen and oxygen atoms in total.